The van der Waals surface area contributed by atoms with Gasteiger partial charge in [-0.15, -0.1) is 0 Å². The molecule has 0 aliphatic rings. The summed E-state index contributed by atoms with van der Waals surface area (Å²) < 4.78 is 6.31. The van der Waals surface area contributed by atoms with Gasteiger partial charge in [-0.1, -0.05) is 200 Å². The Morgan fingerprint density at radius 1 is 0.242 bits per heavy atom. The number of benzene rings is 11. The fourth-order valence-electron chi connectivity index (χ4n) is 9.63. The number of nitrogens with zero attached hydrogens (tertiary/aromatic N) is 1. The minimum atomic E-state index is 0.891. The minimum Gasteiger partial charge on any atom is -0.456 e. The van der Waals surface area contributed by atoms with Crippen LogP contribution in [0.4, 0.5) is 17.1 Å². The quantitative estimate of drug-likeness (QED) is 0.144. The minimum absolute atomic E-state index is 0.891. The van der Waals surface area contributed by atoms with E-state index in [2.05, 4.69) is 254 Å². The van der Waals surface area contributed by atoms with Crippen molar-refractivity contribution in [1.29, 1.82) is 0 Å². The second-order valence-corrected chi connectivity index (χ2v) is 16.9. The largest absolute Gasteiger partial charge is 0.456 e. The molecule has 1 aromatic heterocycles. The second kappa shape index (κ2) is 16.8. The molecule has 2 nitrogen and oxygen atoms in total. The maximum absolute atomic E-state index is 6.31. The van der Waals surface area contributed by atoms with Crippen LogP contribution in [-0.4, -0.2) is 0 Å². The molecule has 0 amide bonds. The van der Waals surface area contributed by atoms with Gasteiger partial charge in [0.15, 0.2) is 0 Å². The Morgan fingerprint density at radius 2 is 0.788 bits per heavy atom. The van der Waals surface area contributed by atoms with Crippen LogP contribution in [0.25, 0.3) is 99.5 Å². The molecule has 2 heteroatoms. The molecule has 0 atom stereocenters. The fraction of sp³-hybridized carbons (Fsp3) is 0. The number of hydrogen-bond donors (Lipinski definition) is 0. The van der Waals surface area contributed by atoms with Crippen LogP contribution in [0.3, 0.4) is 0 Å². The van der Waals surface area contributed by atoms with Crippen molar-refractivity contribution in [2.24, 2.45) is 0 Å². The third-order valence-electron chi connectivity index (χ3n) is 12.9. The zero-order chi connectivity index (χ0) is 43.8. The first-order valence-electron chi connectivity index (χ1n) is 22.6. The van der Waals surface area contributed by atoms with Gasteiger partial charge in [-0.3, -0.25) is 0 Å². The van der Waals surface area contributed by atoms with E-state index in [1.807, 2.05) is 12.1 Å². The number of hydrogen-bond acceptors (Lipinski definition) is 2. The van der Waals surface area contributed by atoms with E-state index in [0.717, 1.165) is 66.8 Å². The molecule has 0 radical (unpaired) electrons. The summed E-state index contributed by atoms with van der Waals surface area (Å²) in [5.74, 6) is 0. The lowest BCUT2D eigenvalue weighted by Crippen LogP contribution is -2.11. The summed E-state index contributed by atoms with van der Waals surface area (Å²) in [7, 11) is 0. The van der Waals surface area contributed by atoms with Crippen molar-refractivity contribution >= 4 is 49.8 Å². The van der Waals surface area contributed by atoms with Crippen molar-refractivity contribution in [2.75, 3.05) is 4.90 Å². The van der Waals surface area contributed by atoms with E-state index in [-0.39, 0.29) is 0 Å². The van der Waals surface area contributed by atoms with Crippen molar-refractivity contribution in [2.45, 2.75) is 0 Å². The molecule has 0 aliphatic heterocycles. The monoisotopic (exact) mass is 841 g/mol. The van der Waals surface area contributed by atoms with Crippen molar-refractivity contribution in [3.63, 3.8) is 0 Å². The first kappa shape index (κ1) is 38.9. The van der Waals surface area contributed by atoms with Crippen LogP contribution < -0.4 is 4.90 Å². The highest BCUT2D eigenvalue weighted by molar-refractivity contribution is 6.06. The van der Waals surface area contributed by atoms with Gasteiger partial charge >= 0.3 is 0 Å². The summed E-state index contributed by atoms with van der Waals surface area (Å²) >= 11 is 0. The SMILES string of the molecule is c1ccc(-c2ccc(-c3ccccc3)c(-c3ccccc3-c3ccccc3N(c3ccc(-c4ccc5c(c4)oc4ccccc45)cc3)c3cccc(-c4ccc5ccccc5c4)c3)c2)cc1. The smallest absolute Gasteiger partial charge is 0.136 e. The van der Waals surface area contributed by atoms with E-state index in [0.29, 0.717) is 0 Å². The number of furan rings is 1. The van der Waals surface area contributed by atoms with Crippen molar-refractivity contribution < 1.29 is 4.42 Å². The van der Waals surface area contributed by atoms with Crippen LogP contribution in [0, 0.1) is 0 Å². The van der Waals surface area contributed by atoms with E-state index >= 15 is 0 Å². The van der Waals surface area contributed by atoms with Gasteiger partial charge in [-0.2, -0.15) is 0 Å². The highest BCUT2D eigenvalue weighted by Crippen LogP contribution is 2.47. The summed E-state index contributed by atoms with van der Waals surface area (Å²) in [4.78, 5) is 2.42. The van der Waals surface area contributed by atoms with Crippen LogP contribution in [0.15, 0.2) is 265 Å². The lowest BCUT2D eigenvalue weighted by Gasteiger charge is -2.29. The van der Waals surface area contributed by atoms with E-state index < -0.39 is 0 Å². The molecule has 11 aromatic carbocycles. The van der Waals surface area contributed by atoms with Crippen molar-refractivity contribution in [3.8, 4) is 66.8 Å². The topological polar surface area (TPSA) is 16.4 Å². The first-order valence-corrected chi connectivity index (χ1v) is 22.6. The zero-order valence-corrected chi connectivity index (χ0v) is 36.2. The molecule has 0 bridgehead atoms. The molecule has 12 aromatic rings. The Kier molecular flexibility index (Phi) is 9.89. The maximum atomic E-state index is 6.31. The van der Waals surface area contributed by atoms with Crippen LogP contribution >= 0.6 is 0 Å². The van der Waals surface area contributed by atoms with E-state index in [4.69, 9.17) is 4.42 Å². The molecule has 310 valence electrons. The number of fused-ring (bicyclic) bond motifs is 4. The molecule has 0 saturated carbocycles. The van der Waals surface area contributed by atoms with E-state index in [1.54, 1.807) is 0 Å². The molecule has 0 fully saturated rings. The molecule has 66 heavy (non-hydrogen) atoms. The molecular formula is C64H43NO. The lowest BCUT2D eigenvalue weighted by molar-refractivity contribution is 0.669. The number of rotatable bonds is 9. The predicted octanol–water partition coefficient (Wildman–Crippen LogP) is 18.2. The summed E-state index contributed by atoms with van der Waals surface area (Å²) in [6, 6.07) is 94.1. The second-order valence-electron chi connectivity index (χ2n) is 16.9. The van der Waals surface area contributed by atoms with Crippen LogP contribution in [0.2, 0.25) is 0 Å². The number of para-hydroxylation sites is 2. The molecule has 0 unspecified atom stereocenters. The van der Waals surface area contributed by atoms with Gasteiger partial charge < -0.3 is 9.32 Å². The number of anilines is 3. The molecule has 1 heterocycles. The average Bonchev–Trinajstić information content (AvgIpc) is 3.77. The van der Waals surface area contributed by atoms with Crippen molar-refractivity contribution in [1.82, 2.24) is 0 Å². The van der Waals surface area contributed by atoms with Crippen LogP contribution in [-0.2, 0) is 0 Å². The molecule has 12 rings (SSSR count). The Balaban J connectivity index is 1.02. The van der Waals surface area contributed by atoms with Crippen molar-refractivity contribution in [3.05, 3.63) is 261 Å². The van der Waals surface area contributed by atoms with Gasteiger partial charge in [-0.05, 0) is 133 Å². The van der Waals surface area contributed by atoms with Gasteiger partial charge in [0.1, 0.15) is 11.2 Å². The zero-order valence-electron chi connectivity index (χ0n) is 36.2. The first-order chi connectivity index (χ1) is 32.7. The summed E-state index contributed by atoms with van der Waals surface area (Å²) in [6.07, 6.45) is 0. The molecular weight excluding hydrogens is 799 g/mol. The molecule has 0 N–H and O–H groups in total. The third-order valence-corrected chi connectivity index (χ3v) is 12.9. The Hall–Kier alpha value is -8.72. The normalized spacial score (nSPS) is 11.3. The van der Waals surface area contributed by atoms with Gasteiger partial charge in [0.2, 0.25) is 0 Å². The van der Waals surface area contributed by atoms with Crippen LogP contribution in [0.1, 0.15) is 0 Å². The summed E-state index contributed by atoms with van der Waals surface area (Å²) in [6.45, 7) is 0. The predicted molar refractivity (Wildman–Crippen MR) is 279 cm³/mol. The lowest BCUT2D eigenvalue weighted by atomic mass is 9.87. The standard InChI is InChI=1S/C64H43NO/c1-3-16-44(17-4-1)51-34-38-55(47-19-5-2-6-20-47)61(42-51)57-25-10-9-24-56(57)58-26-11-13-28-62(58)65(54-23-15-22-49(41-54)50-31-30-45-18-7-8-21-48(45)40-50)53-36-32-46(33-37-53)52-35-39-60-59-27-12-14-29-63(59)66-64(60)43-52/h1-43H. The Morgan fingerprint density at radius 3 is 1.61 bits per heavy atom. The average molecular weight is 842 g/mol. The summed E-state index contributed by atoms with van der Waals surface area (Å²) in [5.41, 5.74) is 18.9. The molecule has 0 saturated heterocycles. The maximum Gasteiger partial charge on any atom is 0.136 e. The summed E-state index contributed by atoms with van der Waals surface area (Å²) in [5, 5.41) is 4.72. The highest BCUT2D eigenvalue weighted by Gasteiger charge is 2.21. The van der Waals surface area contributed by atoms with Gasteiger partial charge in [-0.25, -0.2) is 0 Å². The van der Waals surface area contributed by atoms with Gasteiger partial charge in [0.05, 0.1) is 5.69 Å². The van der Waals surface area contributed by atoms with Crippen LogP contribution in [0.5, 0.6) is 0 Å². The fourth-order valence-corrected chi connectivity index (χ4v) is 9.63. The van der Waals surface area contributed by atoms with E-state index in [9.17, 15) is 0 Å². The highest BCUT2D eigenvalue weighted by atomic mass is 16.3. The molecule has 0 spiro atoms. The third kappa shape index (κ3) is 7.21. The van der Waals surface area contributed by atoms with E-state index in [1.165, 1.54) is 49.7 Å². The Bertz CT molecular complexity index is 3700. The van der Waals surface area contributed by atoms with Gasteiger partial charge in [0, 0.05) is 27.7 Å². The van der Waals surface area contributed by atoms with Gasteiger partial charge in [0.25, 0.3) is 0 Å². The Labute approximate surface area is 384 Å². The molecule has 0 aliphatic carbocycles.